The van der Waals surface area contributed by atoms with Gasteiger partial charge in [0.1, 0.15) is 0 Å². The summed E-state index contributed by atoms with van der Waals surface area (Å²) < 4.78 is 0.738. The zero-order chi connectivity index (χ0) is 13.1. The maximum absolute atomic E-state index is 12.3. The van der Waals surface area contributed by atoms with Crippen LogP contribution in [0.5, 0.6) is 0 Å². The number of carboxylic acids is 1. The van der Waals surface area contributed by atoms with Crippen molar-refractivity contribution < 1.29 is 14.7 Å². The number of aliphatic carboxylic acids is 1. The summed E-state index contributed by atoms with van der Waals surface area (Å²) in [4.78, 5) is 28.6. The average molecular weight is 313 g/mol. The standard InChI is InChI=1S/C12H13BrN2O3/c13-9-4-8(6-14-7-9)12(18)15-3-1-2-10(15)5-11(16)17/h4,6-7,10H,1-3,5H2,(H,16,17). The summed E-state index contributed by atoms with van der Waals surface area (Å²) in [5.74, 6) is -1.01. The zero-order valence-electron chi connectivity index (χ0n) is 9.67. The highest BCUT2D eigenvalue weighted by molar-refractivity contribution is 9.10. The molecule has 0 bridgehead atoms. The van der Waals surface area contributed by atoms with Crippen molar-refractivity contribution in [1.82, 2.24) is 9.88 Å². The maximum atomic E-state index is 12.3. The Morgan fingerprint density at radius 3 is 2.94 bits per heavy atom. The molecule has 1 fully saturated rings. The lowest BCUT2D eigenvalue weighted by atomic mass is 10.1. The molecule has 18 heavy (non-hydrogen) atoms. The summed E-state index contributed by atoms with van der Waals surface area (Å²) in [5.41, 5.74) is 0.488. The van der Waals surface area contributed by atoms with Crippen LogP contribution in [0.1, 0.15) is 29.6 Å². The minimum Gasteiger partial charge on any atom is -0.481 e. The number of amides is 1. The molecule has 2 rings (SSSR count). The number of rotatable bonds is 3. The van der Waals surface area contributed by atoms with Gasteiger partial charge in [-0.05, 0) is 34.8 Å². The van der Waals surface area contributed by atoms with E-state index in [2.05, 4.69) is 20.9 Å². The third-order valence-corrected chi connectivity index (χ3v) is 3.43. The highest BCUT2D eigenvalue weighted by Crippen LogP contribution is 2.23. The van der Waals surface area contributed by atoms with Gasteiger partial charge < -0.3 is 10.0 Å². The molecule has 0 spiro atoms. The van der Waals surface area contributed by atoms with Gasteiger partial charge in [-0.3, -0.25) is 14.6 Å². The van der Waals surface area contributed by atoms with E-state index in [9.17, 15) is 9.59 Å². The Morgan fingerprint density at radius 1 is 1.50 bits per heavy atom. The highest BCUT2D eigenvalue weighted by Gasteiger charge is 2.31. The molecular weight excluding hydrogens is 300 g/mol. The highest BCUT2D eigenvalue weighted by atomic mass is 79.9. The van der Waals surface area contributed by atoms with Crippen LogP contribution in [0.2, 0.25) is 0 Å². The molecule has 1 atom stereocenters. The number of likely N-dealkylation sites (tertiary alicyclic amines) is 1. The Kier molecular flexibility index (Phi) is 3.96. The molecule has 2 heterocycles. The first-order valence-corrected chi connectivity index (χ1v) is 6.50. The van der Waals surface area contributed by atoms with Gasteiger partial charge in [0.2, 0.25) is 0 Å². The second-order valence-electron chi connectivity index (χ2n) is 4.28. The van der Waals surface area contributed by atoms with Gasteiger partial charge in [0.15, 0.2) is 0 Å². The molecule has 1 saturated heterocycles. The van der Waals surface area contributed by atoms with Crippen LogP contribution in [0.4, 0.5) is 0 Å². The third kappa shape index (κ3) is 2.87. The van der Waals surface area contributed by atoms with Crippen LogP contribution < -0.4 is 0 Å². The molecule has 1 unspecified atom stereocenters. The molecule has 1 aliphatic rings. The second kappa shape index (κ2) is 5.48. The number of carboxylic acid groups (broad SMARTS) is 1. The van der Waals surface area contributed by atoms with Crippen molar-refractivity contribution in [2.24, 2.45) is 0 Å². The van der Waals surface area contributed by atoms with Crippen LogP contribution in [0.3, 0.4) is 0 Å². The summed E-state index contributed by atoms with van der Waals surface area (Å²) in [6, 6.07) is 1.50. The van der Waals surface area contributed by atoms with Gasteiger partial charge in [-0.25, -0.2) is 0 Å². The van der Waals surface area contributed by atoms with Crippen LogP contribution in [-0.4, -0.2) is 39.5 Å². The van der Waals surface area contributed by atoms with Gasteiger partial charge in [0.05, 0.1) is 12.0 Å². The fourth-order valence-electron chi connectivity index (χ4n) is 2.21. The second-order valence-corrected chi connectivity index (χ2v) is 5.20. The van der Waals surface area contributed by atoms with E-state index >= 15 is 0 Å². The van der Waals surface area contributed by atoms with E-state index in [1.807, 2.05) is 0 Å². The Bertz CT molecular complexity index is 478. The molecular formula is C12H13BrN2O3. The number of hydrogen-bond donors (Lipinski definition) is 1. The molecule has 5 nitrogen and oxygen atoms in total. The fourth-order valence-corrected chi connectivity index (χ4v) is 2.58. The smallest absolute Gasteiger partial charge is 0.305 e. The van der Waals surface area contributed by atoms with Crippen LogP contribution in [0.25, 0.3) is 0 Å². The van der Waals surface area contributed by atoms with Gasteiger partial charge in [-0.1, -0.05) is 0 Å². The van der Waals surface area contributed by atoms with E-state index in [0.717, 1.165) is 17.3 Å². The molecule has 0 aromatic carbocycles. The minimum atomic E-state index is -0.868. The Balaban J connectivity index is 2.15. The molecule has 0 aliphatic carbocycles. The average Bonchev–Trinajstić information content (AvgIpc) is 2.75. The number of pyridine rings is 1. The molecule has 0 saturated carbocycles. The van der Waals surface area contributed by atoms with E-state index in [1.54, 1.807) is 17.2 Å². The van der Waals surface area contributed by atoms with E-state index < -0.39 is 5.97 Å². The van der Waals surface area contributed by atoms with Gasteiger partial charge >= 0.3 is 5.97 Å². The summed E-state index contributed by atoms with van der Waals surface area (Å²) >= 11 is 3.27. The lowest BCUT2D eigenvalue weighted by Crippen LogP contribution is -2.36. The first-order chi connectivity index (χ1) is 8.58. The van der Waals surface area contributed by atoms with Crippen molar-refractivity contribution >= 4 is 27.8 Å². The van der Waals surface area contributed by atoms with Gasteiger partial charge in [-0.15, -0.1) is 0 Å². The van der Waals surface area contributed by atoms with Crippen molar-refractivity contribution in [3.63, 3.8) is 0 Å². The molecule has 1 N–H and O–H groups in total. The Hall–Kier alpha value is -1.43. The van der Waals surface area contributed by atoms with Crippen molar-refractivity contribution in [2.45, 2.75) is 25.3 Å². The van der Waals surface area contributed by atoms with Crippen LogP contribution >= 0.6 is 15.9 Å². The van der Waals surface area contributed by atoms with Crippen LogP contribution in [0.15, 0.2) is 22.9 Å². The number of hydrogen-bond acceptors (Lipinski definition) is 3. The van der Waals surface area contributed by atoms with Gasteiger partial charge in [0, 0.05) is 29.5 Å². The number of carbonyl (C=O) groups is 2. The van der Waals surface area contributed by atoms with Gasteiger partial charge in [-0.2, -0.15) is 0 Å². The van der Waals surface area contributed by atoms with Crippen molar-refractivity contribution in [3.05, 3.63) is 28.5 Å². The lowest BCUT2D eigenvalue weighted by Gasteiger charge is -2.23. The molecule has 0 radical (unpaired) electrons. The normalized spacial score (nSPS) is 18.9. The largest absolute Gasteiger partial charge is 0.481 e. The Morgan fingerprint density at radius 2 is 2.28 bits per heavy atom. The first-order valence-electron chi connectivity index (χ1n) is 5.71. The quantitative estimate of drug-likeness (QED) is 0.925. The SMILES string of the molecule is O=C(O)CC1CCCN1C(=O)c1cncc(Br)c1. The summed E-state index contributed by atoms with van der Waals surface area (Å²) in [5, 5.41) is 8.83. The number of carbonyl (C=O) groups excluding carboxylic acids is 1. The lowest BCUT2D eigenvalue weighted by molar-refractivity contribution is -0.137. The summed E-state index contributed by atoms with van der Waals surface area (Å²) in [7, 11) is 0. The minimum absolute atomic E-state index is 0.00711. The molecule has 1 amide bonds. The van der Waals surface area contributed by atoms with Gasteiger partial charge in [0.25, 0.3) is 5.91 Å². The van der Waals surface area contributed by atoms with E-state index in [4.69, 9.17) is 5.11 Å². The zero-order valence-corrected chi connectivity index (χ0v) is 11.3. The monoisotopic (exact) mass is 312 g/mol. The number of aromatic nitrogens is 1. The topological polar surface area (TPSA) is 70.5 Å². The molecule has 1 aromatic heterocycles. The number of halogens is 1. The molecule has 6 heteroatoms. The maximum Gasteiger partial charge on any atom is 0.305 e. The van der Waals surface area contributed by atoms with E-state index in [-0.39, 0.29) is 18.4 Å². The molecule has 96 valence electrons. The predicted octanol–water partition coefficient (Wildman–Crippen LogP) is 1.92. The van der Waals surface area contributed by atoms with Crippen molar-refractivity contribution in [2.75, 3.05) is 6.54 Å². The predicted molar refractivity (Wildman–Crippen MR) is 68.2 cm³/mol. The first kappa shape index (κ1) is 13.0. The Labute approximate surface area is 113 Å². The fraction of sp³-hybridized carbons (Fsp3) is 0.417. The number of nitrogens with zero attached hydrogens (tertiary/aromatic N) is 2. The van der Waals surface area contributed by atoms with Crippen molar-refractivity contribution in [1.29, 1.82) is 0 Å². The summed E-state index contributed by atoms with van der Waals surface area (Å²) in [6.45, 7) is 0.614. The van der Waals surface area contributed by atoms with Crippen LogP contribution in [-0.2, 0) is 4.79 Å². The van der Waals surface area contributed by atoms with Crippen LogP contribution in [0, 0.1) is 0 Å². The third-order valence-electron chi connectivity index (χ3n) is 3.00. The summed E-state index contributed by atoms with van der Waals surface area (Å²) in [6.07, 6.45) is 4.72. The van der Waals surface area contributed by atoms with Crippen molar-refractivity contribution in [3.8, 4) is 0 Å². The van der Waals surface area contributed by atoms with E-state index in [1.165, 1.54) is 6.20 Å². The van der Waals surface area contributed by atoms with E-state index in [0.29, 0.717) is 12.1 Å². The molecule has 1 aliphatic heterocycles. The molecule has 1 aromatic rings.